The number of aliphatic hydroxyl groups excluding tert-OH is 1. The molecule has 91 heavy (non-hydrogen) atoms. The highest BCUT2D eigenvalue weighted by molar-refractivity contribution is 7.47. The van der Waals surface area contributed by atoms with E-state index in [1.165, 1.54) is 173 Å². The van der Waals surface area contributed by atoms with E-state index in [1.54, 1.807) is 0 Å². The van der Waals surface area contributed by atoms with Crippen molar-refractivity contribution < 1.29 is 80.2 Å². The van der Waals surface area contributed by atoms with Crippen LogP contribution in [-0.4, -0.2) is 96.7 Å². The number of hydrogen-bond donors (Lipinski definition) is 3. The molecule has 540 valence electrons. The minimum atomic E-state index is -4.95. The number of phosphoric ester groups is 2. The van der Waals surface area contributed by atoms with Gasteiger partial charge in [-0.25, -0.2) is 9.13 Å². The number of carbonyl (C=O) groups excluding carboxylic acids is 4. The van der Waals surface area contributed by atoms with Gasteiger partial charge in [-0.1, -0.05) is 318 Å². The predicted molar refractivity (Wildman–Crippen MR) is 368 cm³/mol. The highest BCUT2D eigenvalue weighted by Crippen LogP contribution is 2.45. The third-order valence-corrected chi connectivity index (χ3v) is 18.6. The topological polar surface area (TPSA) is 237 Å². The van der Waals surface area contributed by atoms with Crippen molar-refractivity contribution in [1.82, 2.24) is 0 Å². The second-order valence-electron chi connectivity index (χ2n) is 26.9. The zero-order valence-corrected chi connectivity index (χ0v) is 60.9. The molecule has 5 atom stereocenters. The quantitative estimate of drug-likeness (QED) is 0.0222. The zero-order valence-electron chi connectivity index (χ0n) is 59.1. The smallest absolute Gasteiger partial charge is 0.462 e. The summed E-state index contributed by atoms with van der Waals surface area (Å²) in [6.45, 7) is 9.53. The van der Waals surface area contributed by atoms with Crippen LogP contribution < -0.4 is 0 Å². The van der Waals surface area contributed by atoms with E-state index >= 15 is 0 Å². The minimum Gasteiger partial charge on any atom is -0.462 e. The first-order valence-corrected chi connectivity index (χ1v) is 40.5. The van der Waals surface area contributed by atoms with Crippen molar-refractivity contribution in [1.29, 1.82) is 0 Å². The Morgan fingerprint density at radius 2 is 0.505 bits per heavy atom. The third-order valence-electron chi connectivity index (χ3n) is 16.7. The summed E-state index contributed by atoms with van der Waals surface area (Å²) in [6.07, 6.45) is 50.0. The van der Waals surface area contributed by atoms with E-state index < -0.39 is 97.5 Å². The second kappa shape index (κ2) is 64.1. The normalized spacial score (nSPS) is 14.1. The van der Waals surface area contributed by atoms with E-state index in [1.807, 2.05) is 0 Å². The number of hydrogen-bond acceptors (Lipinski definition) is 15. The first-order valence-electron chi connectivity index (χ1n) is 37.5. The van der Waals surface area contributed by atoms with E-state index in [-0.39, 0.29) is 25.7 Å². The highest BCUT2D eigenvalue weighted by atomic mass is 31.2. The lowest BCUT2D eigenvalue weighted by Gasteiger charge is -2.21. The molecule has 0 bridgehead atoms. The van der Waals surface area contributed by atoms with Crippen LogP contribution in [-0.2, 0) is 65.4 Å². The van der Waals surface area contributed by atoms with Crippen LogP contribution in [0.2, 0.25) is 0 Å². The van der Waals surface area contributed by atoms with Gasteiger partial charge < -0.3 is 33.8 Å². The van der Waals surface area contributed by atoms with Crippen LogP contribution in [0.3, 0.4) is 0 Å². The minimum absolute atomic E-state index is 0.106. The number of aliphatic hydroxyl groups is 1. The molecule has 0 amide bonds. The molecule has 0 aromatic heterocycles. The summed E-state index contributed by atoms with van der Waals surface area (Å²) in [4.78, 5) is 72.5. The van der Waals surface area contributed by atoms with Crippen LogP contribution in [0.15, 0.2) is 0 Å². The molecule has 0 rings (SSSR count). The first-order chi connectivity index (χ1) is 43.9. The molecule has 19 heteroatoms. The standard InChI is InChI=1S/C72H140O17P2/c1-7-9-11-13-15-16-17-18-19-20-21-26-32-38-44-50-56-71(76)89-68(61-83-70(75)55-49-43-37-31-25-23-22-24-29-35-40-46-52-64(3)4)63-87-91(80,81)85-59-66(73)58-84-90(78,79)86-62-67(60-82-69(74)54-48-42-34-14-12-10-8-2)88-72(77)57-51-45-39-33-28-27-30-36-41-47-53-65(5)6/h64-68,73H,7-63H2,1-6H3,(H,78,79)(H,80,81)/t66-,67+,68+/m0/s1. The van der Waals surface area contributed by atoms with E-state index in [4.69, 9.17) is 37.0 Å². The molecule has 0 aliphatic carbocycles. The van der Waals surface area contributed by atoms with Crippen LogP contribution in [0.4, 0.5) is 0 Å². The Bertz CT molecular complexity index is 1770. The van der Waals surface area contributed by atoms with Crippen LogP contribution in [0, 0.1) is 11.8 Å². The largest absolute Gasteiger partial charge is 0.472 e. The van der Waals surface area contributed by atoms with E-state index in [9.17, 15) is 43.2 Å². The van der Waals surface area contributed by atoms with E-state index in [0.717, 1.165) is 115 Å². The molecule has 0 radical (unpaired) electrons. The lowest BCUT2D eigenvalue weighted by molar-refractivity contribution is -0.161. The fourth-order valence-electron chi connectivity index (χ4n) is 10.9. The molecule has 0 aliphatic rings. The molecular weight excluding hydrogens is 1200 g/mol. The highest BCUT2D eigenvalue weighted by Gasteiger charge is 2.30. The molecule has 3 N–H and O–H groups in total. The SMILES string of the molecule is CCCCCCCCCCCCCCCCCCC(=O)O[C@H](COC(=O)CCCCCCCCCCCCCCC(C)C)COP(=O)(O)OC[C@@H](O)COP(=O)(O)OC[C@@H](COC(=O)CCCCCCCCC)OC(=O)CCCCCCCCCCCCC(C)C. The van der Waals surface area contributed by atoms with Gasteiger partial charge in [0, 0.05) is 25.7 Å². The summed E-state index contributed by atoms with van der Waals surface area (Å²) in [6, 6.07) is 0. The average Bonchev–Trinajstić information content (AvgIpc) is 3.56. The number of ether oxygens (including phenoxy) is 4. The van der Waals surface area contributed by atoms with Crippen molar-refractivity contribution in [2.24, 2.45) is 11.8 Å². The predicted octanol–water partition coefficient (Wildman–Crippen LogP) is 20.8. The molecule has 17 nitrogen and oxygen atoms in total. The maximum atomic E-state index is 13.0. The second-order valence-corrected chi connectivity index (χ2v) is 29.8. The van der Waals surface area contributed by atoms with Gasteiger partial charge in [0.1, 0.15) is 19.3 Å². The summed E-state index contributed by atoms with van der Waals surface area (Å²) in [5.74, 6) is -0.590. The average molecular weight is 1340 g/mol. The summed E-state index contributed by atoms with van der Waals surface area (Å²) in [7, 11) is -9.90. The summed E-state index contributed by atoms with van der Waals surface area (Å²) in [5.41, 5.74) is 0. The number of phosphoric acid groups is 2. The van der Waals surface area contributed by atoms with Gasteiger partial charge in [-0.15, -0.1) is 0 Å². The van der Waals surface area contributed by atoms with Crippen LogP contribution in [0.25, 0.3) is 0 Å². The van der Waals surface area contributed by atoms with Crippen molar-refractivity contribution in [3.63, 3.8) is 0 Å². The lowest BCUT2D eigenvalue weighted by Crippen LogP contribution is -2.30. The van der Waals surface area contributed by atoms with Gasteiger partial charge in [0.2, 0.25) is 0 Å². The maximum absolute atomic E-state index is 13.0. The van der Waals surface area contributed by atoms with Crippen molar-refractivity contribution in [3.05, 3.63) is 0 Å². The fourth-order valence-corrected chi connectivity index (χ4v) is 12.5. The van der Waals surface area contributed by atoms with Gasteiger partial charge in [0.15, 0.2) is 12.2 Å². The first kappa shape index (κ1) is 89.1. The van der Waals surface area contributed by atoms with Gasteiger partial charge >= 0.3 is 39.5 Å². The molecule has 0 aliphatic heterocycles. The summed E-state index contributed by atoms with van der Waals surface area (Å²) < 4.78 is 68.3. The number of unbranched alkanes of at least 4 members (excludes halogenated alkanes) is 41. The summed E-state index contributed by atoms with van der Waals surface area (Å²) in [5, 5.41) is 10.6. The fraction of sp³-hybridized carbons (Fsp3) is 0.944. The third kappa shape index (κ3) is 66.5. The van der Waals surface area contributed by atoms with Gasteiger partial charge in [-0.05, 0) is 37.5 Å². The van der Waals surface area contributed by atoms with E-state index in [2.05, 4.69) is 41.5 Å². The molecule has 0 aromatic rings. The van der Waals surface area contributed by atoms with Gasteiger partial charge in [-0.3, -0.25) is 37.3 Å². The molecule has 0 fully saturated rings. The monoisotopic (exact) mass is 1340 g/mol. The van der Waals surface area contributed by atoms with Crippen LogP contribution >= 0.6 is 15.6 Å². The van der Waals surface area contributed by atoms with E-state index in [0.29, 0.717) is 25.7 Å². The molecule has 0 saturated heterocycles. The molecular formula is C72H140O17P2. The Balaban J connectivity index is 5.21. The van der Waals surface area contributed by atoms with Crippen LogP contribution in [0.5, 0.6) is 0 Å². The molecule has 0 heterocycles. The van der Waals surface area contributed by atoms with Crippen molar-refractivity contribution in [2.45, 2.75) is 387 Å². The molecule has 0 spiro atoms. The zero-order chi connectivity index (χ0) is 67.2. The molecule has 0 aromatic carbocycles. The lowest BCUT2D eigenvalue weighted by atomic mass is 10.0. The van der Waals surface area contributed by atoms with Crippen molar-refractivity contribution in [3.8, 4) is 0 Å². The van der Waals surface area contributed by atoms with Crippen molar-refractivity contribution >= 4 is 39.5 Å². The Morgan fingerprint density at radius 3 is 0.747 bits per heavy atom. The number of rotatable bonds is 71. The van der Waals surface area contributed by atoms with Crippen LogP contribution in [0.1, 0.15) is 369 Å². The number of carbonyl (C=O) groups is 4. The molecule has 2 unspecified atom stereocenters. The summed E-state index contributed by atoms with van der Waals surface area (Å²) >= 11 is 0. The Kier molecular flexibility index (Phi) is 62.7. The molecule has 0 saturated carbocycles. The Labute approximate surface area is 556 Å². The Morgan fingerprint density at radius 1 is 0.297 bits per heavy atom. The number of esters is 4. The van der Waals surface area contributed by atoms with Gasteiger partial charge in [-0.2, -0.15) is 0 Å². The van der Waals surface area contributed by atoms with Gasteiger partial charge in [0.05, 0.1) is 26.4 Å². The Hall–Kier alpha value is -1.94. The van der Waals surface area contributed by atoms with Crippen molar-refractivity contribution in [2.75, 3.05) is 39.6 Å². The maximum Gasteiger partial charge on any atom is 0.472 e. The van der Waals surface area contributed by atoms with Gasteiger partial charge in [0.25, 0.3) is 0 Å².